The number of esters is 1. The Morgan fingerprint density at radius 2 is 1.86 bits per heavy atom. The highest BCUT2D eigenvalue weighted by molar-refractivity contribution is 7.91. The number of hydrogen-bond acceptors (Lipinski definition) is 5. The van der Waals surface area contributed by atoms with Gasteiger partial charge < -0.3 is 9.64 Å². The minimum Gasteiger partial charge on any atom is -0.449 e. The first kappa shape index (κ1) is 22.1. The van der Waals surface area contributed by atoms with E-state index in [0.717, 1.165) is 5.56 Å². The van der Waals surface area contributed by atoms with Crippen LogP contribution in [-0.2, 0) is 24.2 Å². The lowest BCUT2D eigenvalue weighted by atomic mass is 10.0. The summed E-state index contributed by atoms with van der Waals surface area (Å²) in [6.45, 7) is 7.90. The second-order valence-corrected chi connectivity index (χ2v) is 9.64. The van der Waals surface area contributed by atoms with Gasteiger partial charge in [-0.3, -0.25) is 4.79 Å². The van der Waals surface area contributed by atoms with Crippen molar-refractivity contribution in [3.63, 3.8) is 0 Å². The van der Waals surface area contributed by atoms with Crippen LogP contribution in [0.25, 0.3) is 6.08 Å². The summed E-state index contributed by atoms with van der Waals surface area (Å²) >= 11 is 0. The highest BCUT2D eigenvalue weighted by atomic mass is 32.2. The van der Waals surface area contributed by atoms with Gasteiger partial charge in [-0.25, -0.2) is 13.2 Å². The molecular weight excluding hydrogens is 378 g/mol. The number of rotatable bonds is 7. The van der Waals surface area contributed by atoms with Crippen molar-refractivity contribution in [2.24, 2.45) is 0 Å². The first-order valence-corrected chi connectivity index (χ1v) is 11.4. The molecule has 6 nitrogen and oxygen atoms in total. The number of benzene rings is 1. The van der Waals surface area contributed by atoms with Gasteiger partial charge in [-0.15, -0.1) is 0 Å². The first-order valence-electron chi connectivity index (χ1n) is 9.62. The molecule has 2 unspecified atom stereocenters. The fourth-order valence-corrected chi connectivity index (χ4v) is 5.00. The van der Waals surface area contributed by atoms with Crippen LogP contribution >= 0.6 is 0 Å². The summed E-state index contributed by atoms with van der Waals surface area (Å²) in [6, 6.07) is 7.52. The number of hydrogen-bond donors (Lipinski definition) is 0. The van der Waals surface area contributed by atoms with Crippen molar-refractivity contribution >= 4 is 27.8 Å². The Morgan fingerprint density at radius 3 is 2.36 bits per heavy atom. The summed E-state index contributed by atoms with van der Waals surface area (Å²) in [5, 5.41) is 0. The molecule has 1 aliphatic heterocycles. The van der Waals surface area contributed by atoms with Crippen molar-refractivity contribution in [1.82, 2.24) is 4.90 Å². The van der Waals surface area contributed by atoms with Crippen molar-refractivity contribution in [3.8, 4) is 0 Å². The van der Waals surface area contributed by atoms with Gasteiger partial charge in [-0.05, 0) is 43.4 Å². The van der Waals surface area contributed by atoms with Crippen molar-refractivity contribution < 1.29 is 22.7 Å². The second kappa shape index (κ2) is 9.37. The highest BCUT2D eigenvalue weighted by Gasteiger charge is 2.36. The molecule has 2 atom stereocenters. The van der Waals surface area contributed by atoms with Crippen molar-refractivity contribution in [1.29, 1.82) is 0 Å². The molecule has 7 heteroatoms. The molecule has 28 heavy (non-hydrogen) atoms. The number of carbonyl (C=O) groups excluding carboxylic acids is 2. The topological polar surface area (TPSA) is 80.8 Å². The van der Waals surface area contributed by atoms with Crippen LogP contribution in [0.4, 0.5) is 0 Å². The molecule has 0 saturated carbocycles. The number of likely N-dealkylation sites (N-methyl/N-ethyl adjacent to an activating group) is 1. The number of amides is 1. The van der Waals surface area contributed by atoms with Crippen LogP contribution in [0.2, 0.25) is 0 Å². The highest BCUT2D eigenvalue weighted by Crippen LogP contribution is 2.19. The van der Waals surface area contributed by atoms with E-state index >= 15 is 0 Å². The molecule has 0 aromatic heterocycles. The molecule has 1 saturated heterocycles. The summed E-state index contributed by atoms with van der Waals surface area (Å²) in [6.07, 6.45) is 2.40. The zero-order chi connectivity index (χ0) is 20.9. The van der Waals surface area contributed by atoms with Crippen LogP contribution in [-0.4, -0.2) is 55.4 Å². The minimum atomic E-state index is -3.09. The smallest absolute Gasteiger partial charge is 0.331 e. The minimum absolute atomic E-state index is 0.0283. The third kappa shape index (κ3) is 5.92. The summed E-state index contributed by atoms with van der Waals surface area (Å²) < 4.78 is 28.6. The van der Waals surface area contributed by atoms with E-state index in [0.29, 0.717) is 18.9 Å². The number of carbonyl (C=O) groups is 2. The lowest BCUT2D eigenvalue weighted by molar-refractivity contribution is -0.156. The molecule has 0 aliphatic carbocycles. The molecule has 1 aliphatic rings. The van der Waals surface area contributed by atoms with E-state index in [9.17, 15) is 18.0 Å². The standard InChI is InChI=1S/C21H29NO5S/c1-5-22(19-12-13-28(25,26)14-19)21(24)16(4)27-20(23)11-8-17-6-9-18(10-7-17)15(2)3/h6-11,15-16,19H,5,12-14H2,1-4H3/b11-8+. The molecular formula is C21H29NO5S. The summed E-state index contributed by atoms with van der Waals surface area (Å²) in [5.74, 6) is -0.476. The first-order chi connectivity index (χ1) is 13.1. The van der Waals surface area contributed by atoms with E-state index in [1.165, 1.54) is 23.5 Å². The molecule has 0 N–H and O–H groups in total. The Hall–Kier alpha value is -2.15. The van der Waals surface area contributed by atoms with Crippen molar-refractivity contribution in [2.45, 2.75) is 52.2 Å². The van der Waals surface area contributed by atoms with Gasteiger partial charge in [0.25, 0.3) is 5.91 Å². The average molecular weight is 408 g/mol. The van der Waals surface area contributed by atoms with Crippen molar-refractivity contribution in [2.75, 3.05) is 18.1 Å². The molecule has 0 spiro atoms. The van der Waals surface area contributed by atoms with Crippen LogP contribution in [0, 0.1) is 0 Å². The lowest BCUT2D eigenvalue weighted by Gasteiger charge is -2.29. The molecule has 154 valence electrons. The zero-order valence-electron chi connectivity index (χ0n) is 16.9. The van der Waals surface area contributed by atoms with Gasteiger partial charge in [0.05, 0.1) is 11.5 Å². The van der Waals surface area contributed by atoms with Crippen LogP contribution in [0.3, 0.4) is 0 Å². The fraction of sp³-hybridized carbons (Fsp3) is 0.524. The van der Waals surface area contributed by atoms with Crippen LogP contribution in [0.15, 0.2) is 30.3 Å². The number of nitrogens with zero attached hydrogens (tertiary/aromatic N) is 1. The van der Waals surface area contributed by atoms with Gasteiger partial charge in [0.15, 0.2) is 15.9 Å². The van der Waals surface area contributed by atoms with E-state index in [-0.39, 0.29) is 23.5 Å². The van der Waals surface area contributed by atoms with E-state index in [4.69, 9.17) is 4.74 Å². The average Bonchev–Trinajstić information content (AvgIpc) is 3.00. The normalized spacial score (nSPS) is 19.7. The maximum Gasteiger partial charge on any atom is 0.331 e. The maximum atomic E-state index is 12.6. The summed E-state index contributed by atoms with van der Waals surface area (Å²) in [5.41, 5.74) is 2.08. The summed E-state index contributed by atoms with van der Waals surface area (Å²) in [4.78, 5) is 26.2. The van der Waals surface area contributed by atoms with Gasteiger partial charge >= 0.3 is 5.97 Å². The number of sulfone groups is 1. The molecule has 1 aromatic rings. The molecule has 2 rings (SSSR count). The Labute approximate surface area is 167 Å². The predicted octanol–water partition coefficient (Wildman–Crippen LogP) is 2.79. The number of ether oxygens (including phenoxy) is 1. The van der Waals surface area contributed by atoms with E-state index in [2.05, 4.69) is 13.8 Å². The Morgan fingerprint density at radius 1 is 1.21 bits per heavy atom. The van der Waals surface area contributed by atoms with E-state index in [1.807, 2.05) is 24.3 Å². The molecule has 1 heterocycles. The molecule has 0 bridgehead atoms. The monoisotopic (exact) mass is 407 g/mol. The predicted molar refractivity (Wildman–Crippen MR) is 110 cm³/mol. The maximum absolute atomic E-state index is 12.6. The Kier molecular flexibility index (Phi) is 7.41. The third-order valence-corrected chi connectivity index (χ3v) is 6.68. The Balaban J connectivity index is 1.94. The zero-order valence-corrected chi connectivity index (χ0v) is 17.7. The SMILES string of the molecule is CCN(C(=O)C(C)OC(=O)/C=C/c1ccc(C(C)C)cc1)C1CCS(=O)(=O)C1. The third-order valence-electron chi connectivity index (χ3n) is 4.93. The van der Waals surface area contributed by atoms with Gasteiger partial charge in [0, 0.05) is 18.7 Å². The van der Waals surface area contributed by atoms with Crippen LogP contribution < -0.4 is 0 Å². The summed E-state index contributed by atoms with van der Waals surface area (Å²) in [7, 11) is -3.09. The quantitative estimate of drug-likeness (QED) is 0.513. The van der Waals surface area contributed by atoms with Crippen LogP contribution in [0.1, 0.15) is 51.2 Å². The van der Waals surface area contributed by atoms with Gasteiger partial charge in [-0.2, -0.15) is 0 Å². The van der Waals surface area contributed by atoms with Crippen molar-refractivity contribution in [3.05, 3.63) is 41.5 Å². The molecule has 0 radical (unpaired) electrons. The largest absolute Gasteiger partial charge is 0.449 e. The van der Waals surface area contributed by atoms with Crippen LogP contribution in [0.5, 0.6) is 0 Å². The molecule has 1 amide bonds. The van der Waals surface area contributed by atoms with Gasteiger partial charge in [-0.1, -0.05) is 38.1 Å². The fourth-order valence-electron chi connectivity index (χ4n) is 3.27. The van der Waals surface area contributed by atoms with Gasteiger partial charge in [0.1, 0.15) is 0 Å². The molecule has 1 fully saturated rings. The Bertz CT molecular complexity index is 827. The van der Waals surface area contributed by atoms with Gasteiger partial charge in [0.2, 0.25) is 0 Å². The van der Waals surface area contributed by atoms with E-state index < -0.39 is 21.9 Å². The second-order valence-electron chi connectivity index (χ2n) is 7.41. The molecule has 1 aromatic carbocycles. The van der Waals surface area contributed by atoms with E-state index in [1.54, 1.807) is 13.0 Å². The lowest BCUT2D eigenvalue weighted by Crippen LogP contribution is -2.46.